The van der Waals surface area contributed by atoms with Crippen LogP contribution in [0.5, 0.6) is 0 Å². The Kier molecular flexibility index (Phi) is 2.30. The number of nitrogens with zero attached hydrogens (tertiary/aromatic N) is 2. The van der Waals surface area contributed by atoms with Crippen molar-refractivity contribution >= 4 is 17.3 Å². The average Bonchev–Trinajstić information content (AvgIpc) is 2.90. The number of para-hydroxylation sites is 1. The van der Waals surface area contributed by atoms with Crippen LogP contribution < -0.4 is 9.80 Å². The Balaban J connectivity index is 1.96. The number of amides is 1. The van der Waals surface area contributed by atoms with E-state index in [1.165, 1.54) is 16.8 Å². The average molecular weight is 278 g/mol. The highest BCUT2D eigenvalue weighted by Gasteiger charge is 2.56. The van der Waals surface area contributed by atoms with Crippen molar-refractivity contribution in [3.05, 3.63) is 59.2 Å². The Morgan fingerprint density at radius 2 is 1.81 bits per heavy atom. The molecule has 0 radical (unpaired) electrons. The first kappa shape index (κ1) is 12.5. The number of benzene rings is 2. The maximum atomic E-state index is 13.0. The van der Waals surface area contributed by atoms with Gasteiger partial charge in [0.05, 0.1) is 0 Å². The van der Waals surface area contributed by atoms with Crippen molar-refractivity contribution in [1.82, 2.24) is 0 Å². The summed E-state index contributed by atoms with van der Waals surface area (Å²) in [5, 5.41) is 0. The lowest BCUT2D eigenvalue weighted by Crippen LogP contribution is -2.49. The number of carbonyl (C=O) groups is 1. The van der Waals surface area contributed by atoms with Crippen LogP contribution in [0, 0.1) is 6.92 Å². The van der Waals surface area contributed by atoms with Gasteiger partial charge in [-0.25, -0.2) is 0 Å². The Bertz CT molecular complexity index is 768. The first-order chi connectivity index (χ1) is 10.1. The molecule has 0 aliphatic carbocycles. The van der Waals surface area contributed by atoms with Gasteiger partial charge in [0.1, 0.15) is 0 Å². The standard InChI is InChI=1S/C18H18N2O/c1-12-8-9-13-11-18(20(3)16(13)10-12)14-6-4-5-7-15(14)19(2)17(18)21/h4-10H,11H2,1-3H3. The summed E-state index contributed by atoms with van der Waals surface area (Å²) in [5.41, 5.74) is 5.23. The molecule has 3 nitrogen and oxygen atoms in total. The number of aryl methyl sites for hydroxylation is 1. The number of anilines is 2. The van der Waals surface area contributed by atoms with E-state index in [0.29, 0.717) is 0 Å². The van der Waals surface area contributed by atoms with Crippen molar-refractivity contribution in [1.29, 1.82) is 0 Å². The fourth-order valence-corrected chi connectivity index (χ4v) is 3.85. The van der Waals surface area contributed by atoms with Crippen LogP contribution >= 0.6 is 0 Å². The van der Waals surface area contributed by atoms with Crippen LogP contribution in [-0.2, 0) is 16.8 Å². The summed E-state index contributed by atoms with van der Waals surface area (Å²) >= 11 is 0. The van der Waals surface area contributed by atoms with Gasteiger partial charge < -0.3 is 9.80 Å². The van der Waals surface area contributed by atoms with Crippen molar-refractivity contribution in [2.24, 2.45) is 0 Å². The summed E-state index contributed by atoms with van der Waals surface area (Å²) < 4.78 is 0. The molecule has 0 saturated heterocycles. The highest BCUT2D eigenvalue weighted by atomic mass is 16.2. The minimum atomic E-state index is -0.568. The summed E-state index contributed by atoms with van der Waals surface area (Å²) in [6.07, 6.45) is 0.749. The van der Waals surface area contributed by atoms with Gasteiger partial charge in [-0.3, -0.25) is 4.79 Å². The zero-order chi connectivity index (χ0) is 14.8. The first-order valence-electron chi connectivity index (χ1n) is 7.27. The van der Waals surface area contributed by atoms with Crippen LogP contribution in [0.3, 0.4) is 0 Å². The van der Waals surface area contributed by atoms with Gasteiger partial charge in [0.25, 0.3) is 5.91 Å². The van der Waals surface area contributed by atoms with Crippen molar-refractivity contribution in [3.63, 3.8) is 0 Å². The Hall–Kier alpha value is -2.29. The van der Waals surface area contributed by atoms with E-state index >= 15 is 0 Å². The molecule has 0 fully saturated rings. The zero-order valence-corrected chi connectivity index (χ0v) is 12.6. The van der Waals surface area contributed by atoms with Gasteiger partial charge in [-0.1, -0.05) is 30.3 Å². The summed E-state index contributed by atoms with van der Waals surface area (Å²) in [6, 6.07) is 14.6. The van der Waals surface area contributed by atoms with Crippen molar-refractivity contribution in [3.8, 4) is 0 Å². The molecule has 2 aromatic carbocycles. The lowest BCUT2D eigenvalue weighted by atomic mass is 9.87. The molecule has 2 aromatic rings. The van der Waals surface area contributed by atoms with E-state index in [1.807, 2.05) is 32.3 Å². The molecule has 1 spiro atoms. The van der Waals surface area contributed by atoms with E-state index in [4.69, 9.17) is 0 Å². The van der Waals surface area contributed by atoms with E-state index < -0.39 is 5.54 Å². The van der Waals surface area contributed by atoms with Crippen LogP contribution in [0.4, 0.5) is 11.4 Å². The molecule has 3 heteroatoms. The number of likely N-dealkylation sites (N-methyl/N-ethyl adjacent to an activating group) is 2. The van der Waals surface area contributed by atoms with E-state index in [0.717, 1.165) is 17.7 Å². The zero-order valence-electron chi connectivity index (χ0n) is 12.6. The molecule has 0 saturated carbocycles. The Labute approximate surface area is 124 Å². The van der Waals surface area contributed by atoms with Gasteiger partial charge in [-0.2, -0.15) is 0 Å². The number of rotatable bonds is 0. The highest BCUT2D eigenvalue weighted by molar-refractivity contribution is 6.10. The second-order valence-corrected chi connectivity index (χ2v) is 6.11. The third-order valence-electron chi connectivity index (χ3n) is 4.99. The number of fused-ring (bicyclic) bond motifs is 3. The number of hydrogen-bond acceptors (Lipinski definition) is 2. The fourth-order valence-electron chi connectivity index (χ4n) is 3.85. The molecule has 1 unspecified atom stereocenters. The third-order valence-corrected chi connectivity index (χ3v) is 4.99. The second-order valence-electron chi connectivity index (χ2n) is 6.11. The highest BCUT2D eigenvalue weighted by Crippen LogP contribution is 2.51. The second kappa shape index (κ2) is 3.88. The molecule has 21 heavy (non-hydrogen) atoms. The van der Waals surface area contributed by atoms with Crippen LogP contribution in [0.25, 0.3) is 0 Å². The van der Waals surface area contributed by atoms with Gasteiger partial charge in [0, 0.05) is 37.5 Å². The number of hydrogen-bond donors (Lipinski definition) is 0. The van der Waals surface area contributed by atoms with Crippen molar-refractivity contribution < 1.29 is 4.79 Å². The fraction of sp³-hybridized carbons (Fsp3) is 0.278. The predicted octanol–water partition coefficient (Wildman–Crippen LogP) is 2.86. The summed E-state index contributed by atoms with van der Waals surface area (Å²) in [7, 11) is 3.91. The molecule has 2 heterocycles. The quantitative estimate of drug-likeness (QED) is 0.740. The molecule has 0 N–H and O–H groups in total. The van der Waals surface area contributed by atoms with Gasteiger partial charge in [0.2, 0.25) is 0 Å². The minimum Gasteiger partial charge on any atom is -0.356 e. The third kappa shape index (κ3) is 1.36. The van der Waals surface area contributed by atoms with E-state index in [9.17, 15) is 4.79 Å². The van der Waals surface area contributed by atoms with Crippen LogP contribution in [0.2, 0.25) is 0 Å². The normalized spacial score (nSPS) is 22.9. The van der Waals surface area contributed by atoms with Gasteiger partial charge in [-0.15, -0.1) is 0 Å². The Morgan fingerprint density at radius 1 is 1.05 bits per heavy atom. The van der Waals surface area contributed by atoms with Crippen LogP contribution in [0.15, 0.2) is 42.5 Å². The lowest BCUT2D eigenvalue weighted by molar-refractivity contribution is -0.122. The van der Waals surface area contributed by atoms with Gasteiger partial charge >= 0.3 is 0 Å². The van der Waals surface area contributed by atoms with E-state index in [-0.39, 0.29) is 5.91 Å². The SMILES string of the molecule is Cc1ccc2c(c1)N(C)C1(C2)C(=O)N(C)c2ccccc21. The summed E-state index contributed by atoms with van der Waals surface area (Å²) in [4.78, 5) is 17.0. The molecule has 2 aliphatic rings. The summed E-state index contributed by atoms with van der Waals surface area (Å²) in [6.45, 7) is 2.09. The van der Waals surface area contributed by atoms with E-state index in [2.05, 4.69) is 36.1 Å². The predicted molar refractivity (Wildman–Crippen MR) is 84.8 cm³/mol. The molecular weight excluding hydrogens is 260 g/mol. The topological polar surface area (TPSA) is 23.6 Å². The van der Waals surface area contributed by atoms with Gasteiger partial charge in [-0.05, 0) is 30.2 Å². The lowest BCUT2D eigenvalue weighted by Gasteiger charge is -2.32. The van der Waals surface area contributed by atoms with Crippen LogP contribution in [-0.4, -0.2) is 20.0 Å². The minimum absolute atomic E-state index is 0.167. The maximum absolute atomic E-state index is 13.0. The maximum Gasteiger partial charge on any atom is 0.257 e. The molecule has 0 aromatic heterocycles. The molecule has 0 bridgehead atoms. The van der Waals surface area contributed by atoms with Crippen LogP contribution in [0.1, 0.15) is 16.7 Å². The van der Waals surface area contributed by atoms with Gasteiger partial charge in [0.15, 0.2) is 5.54 Å². The van der Waals surface area contributed by atoms with E-state index in [1.54, 1.807) is 4.90 Å². The first-order valence-corrected chi connectivity index (χ1v) is 7.27. The Morgan fingerprint density at radius 3 is 2.62 bits per heavy atom. The molecule has 1 atom stereocenters. The molecule has 106 valence electrons. The summed E-state index contributed by atoms with van der Waals surface area (Å²) in [5.74, 6) is 0.167. The van der Waals surface area contributed by atoms with Crippen molar-refractivity contribution in [2.45, 2.75) is 18.9 Å². The molecule has 1 amide bonds. The molecular formula is C18H18N2O. The van der Waals surface area contributed by atoms with Crippen molar-refractivity contribution in [2.75, 3.05) is 23.9 Å². The largest absolute Gasteiger partial charge is 0.356 e. The number of carbonyl (C=O) groups excluding carboxylic acids is 1. The molecule has 4 rings (SSSR count). The monoisotopic (exact) mass is 278 g/mol. The molecule has 2 aliphatic heterocycles. The smallest absolute Gasteiger partial charge is 0.257 e.